The molecule has 3 nitrogen and oxygen atoms in total. The number of unbranched alkanes of at least 4 members (excludes halogenated alkanes) is 1. The van der Waals surface area contributed by atoms with E-state index in [4.69, 9.17) is 4.74 Å². The summed E-state index contributed by atoms with van der Waals surface area (Å²) in [4.78, 5) is 2.68. The molecule has 2 rings (SSSR count). The van der Waals surface area contributed by atoms with Gasteiger partial charge in [-0.1, -0.05) is 13.8 Å². The molecular formula is C14H28N2O. The smallest absolute Gasteiger partial charge is 0.0730 e. The van der Waals surface area contributed by atoms with Crippen molar-refractivity contribution in [2.45, 2.75) is 64.1 Å². The van der Waals surface area contributed by atoms with E-state index in [2.05, 4.69) is 24.1 Å². The lowest BCUT2D eigenvalue weighted by molar-refractivity contribution is -0.0558. The maximum atomic E-state index is 5.84. The van der Waals surface area contributed by atoms with Crippen molar-refractivity contribution in [1.29, 1.82) is 0 Å². The van der Waals surface area contributed by atoms with E-state index in [0.717, 1.165) is 25.7 Å². The molecule has 1 N–H and O–H groups in total. The van der Waals surface area contributed by atoms with Crippen molar-refractivity contribution in [2.24, 2.45) is 0 Å². The van der Waals surface area contributed by atoms with Crippen LogP contribution in [0.25, 0.3) is 0 Å². The first-order valence-corrected chi connectivity index (χ1v) is 7.36. The van der Waals surface area contributed by atoms with Crippen molar-refractivity contribution in [3.05, 3.63) is 0 Å². The Morgan fingerprint density at radius 3 is 3.00 bits per heavy atom. The summed E-state index contributed by atoms with van der Waals surface area (Å²) in [6.45, 7) is 8.96. The number of rotatable bonds is 6. The van der Waals surface area contributed by atoms with E-state index < -0.39 is 0 Å². The summed E-state index contributed by atoms with van der Waals surface area (Å²) >= 11 is 0. The Morgan fingerprint density at radius 1 is 1.29 bits per heavy atom. The molecule has 0 aromatic carbocycles. The molecule has 100 valence electrons. The fourth-order valence-electron chi connectivity index (χ4n) is 3.11. The number of ether oxygens (including phenoxy) is 1. The Morgan fingerprint density at radius 2 is 2.18 bits per heavy atom. The monoisotopic (exact) mass is 240 g/mol. The third-order valence-corrected chi connectivity index (χ3v) is 4.02. The lowest BCUT2D eigenvalue weighted by atomic mass is 10.1. The number of hydrogen-bond donors (Lipinski definition) is 1. The zero-order valence-corrected chi connectivity index (χ0v) is 11.5. The van der Waals surface area contributed by atoms with Crippen molar-refractivity contribution in [3.8, 4) is 0 Å². The largest absolute Gasteiger partial charge is 0.375 e. The minimum atomic E-state index is 0.553. The molecule has 1 saturated carbocycles. The SMILES string of the molecule is CC(C)NCCCCN1CCOC2CCCC21. The van der Waals surface area contributed by atoms with Crippen LogP contribution in [0.2, 0.25) is 0 Å². The fourth-order valence-corrected chi connectivity index (χ4v) is 3.11. The maximum absolute atomic E-state index is 5.84. The number of morpholine rings is 1. The third kappa shape index (κ3) is 3.94. The predicted molar refractivity (Wildman–Crippen MR) is 71.3 cm³/mol. The van der Waals surface area contributed by atoms with Gasteiger partial charge in [-0.05, 0) is 45.2 Å². The second kappa shape index (κ2) is 6.72. The second-order valence-electron chi connectivity index (χ2n) is 5.76. The Bertz CT molecular complexity index is 220. The summed E-state index contributed by atoms with van der Waals surface area (Å²) in [6.07, 6.45) is 7.18. The highest BCUT2D eigenvalue weighted by Gasteiger charge is 2.35. The van der Waals surface area contributed by atoms with Gasteiger partial charge in [0.15, 0.2) is 0 Å². The van der Waals surface area contributed by atoms with Crippen molar-refractivity contribution < 1.29 is 4.74 Å². The van der Waals surface area contributed by atoms with Crippen LogP contribution in [0.5, 0.6) is 0 Å². The van der Waals surface area contributed by atoms with Gasteiger partial charge in [0.25, 0.3) is 0 Å². The van der Waals surface area contributed by atoms with E-state index in [9.17, 15) is 0 Å². The van der Waals surface area contributed by atoms with Crippen LogP contribution in [0.4, 0.5) is 0 Å². The number of hydrogen-bond acceptors (Lipinski definition) is 3. The third-order valence-electron chi connectivity index (χ3n) is 4.02. The van der Waals surface area contributed by atoms with Gasteiger partial charge in [0.05, 0.1) is 12.7 Å². The first kappa shape index (κ1) is 13.3. The second-order valence-corrected chi connectivity index (χ2v) is 5.76. The highest BCUT2D eigenvalue weighted by Crippen LogP contribution is 2.29. The summed E-state index contributed by atoms with van der Waals surface area (Å²) in [5, 5.41) is 3.49. The number of nitrogens with one attached hydrogen (secondary N) is 1. The molecule has 0 bridgehead atoms. The van der Waals surface area contributed by atoms with Gasteiger partial charge in [-0.2, -0.15) is 0 Å². The standard InChI is InChI=1S/C14H28N2O/c1-12(2)15-8-3-4-9-16-10-11-17-14-7-5-6-13(14)16/h12-15H,3-11H2,1-2H3. The van der Waals surface area contributed by atoms with Gasteiger partial charge in [-0.3, -0.25) is 4.90 Å². The van der Waals surface area contributed by atoms with Gasteiger partial charge in [0.2, 0.25) is 0 Å². The molecule has 1 aliphatic heterocycles. The average Bonchev–Trinajstić information content (AvgIpc) is 2.77. The Balaban J connectivity index is 1.61. The number of nitrogens with zero attached hydrogens (tertiary/aromatic N) is 1. The highest BCUT2D eigenvalue weighted by atomic mass is 16.5. The molecular weight excluding hydrogens is 212 g/mol. The molecule has 0 radical (unpaired) electrons. The van der Waals surface area contributed by atoms with E-state index in [1.807, 2.05) is 0 Å². The van der Waals surface area contributed by atoms with Gasteiger partial charge in [0, 0.05) is 18.6 Å². The molecule has 0 aromatic rings. The van der Waals surface area contributed by atoms with Gasteiger partial charge >= 0.3 is 0 Å². The summed E-state index contributed by atoms with van der Waals surface area (Å²) < 4.78 is 5.84. The molecule has 0 aromatic heterocycles. The van der Waals surface area contributed by atoms with Crippen molar-refractivity contribution >= 4 is 0 Å². The average molecular weight is 240 g/mol. The molecule has 2 fully saturated rings. The molecule has 2 unspecified atom stereocenters. The van der Waals surface area contributed by atoms with E-state index >= 15 is 0 Å². The molecule has 1 heterocycles. The Labute approximate surface area is 106 Å². The zero-order valence-electron chi connectivity index (χ0n) is 11.5. The van der Waals surface area contributed by atoms with Gasteiger partial charge in [-0.25, -0.2) is 0 Å². The molecule has 0 spiro atoms. The number of fused-ring (bicyclic) bond motifs is 1. The van der Waals surface area contributed by atoms with E-state index in [1.54, 1.807) is 0 Å². The van der Waals surface area contributed by atoms with Gasteiger partial charge in [0.1, 0.15) is 0 Å². The van der Waals surface area contributed by atoms with Crippen LogP contribution in [-0.2, 0) is 4.74 Å². The van der Waals surface area contributed by atoms with Crippen LogP contribution >= 0.6 is 0 Å². The lowest BCUT2D eigenvalue weighted by Gasteiger charge is -2.37. The summed E-state index contributed by atoms with van der Waals surface area (Å²) in [5.74, 6) is 0. The first-order chi connectivity index (χ1) is 8.27. The van der Waals surface area contributed by atoms with Crippen LogP contribution in [0, 0.1) is 0 Å². The van der Waals surface area contributed by atoms with Crippen LogP contribution in [0.1, 0.15) is 46.0 Å². The molecule has 1 aliphatic carbocycles. The summed E-state index contributed by atoms with van der Waals surface area (Å²) in [6, 6.07) is 1.36. The molecule has 17 heavy (non-hydrogen) atoms. The minimum Gasteiger partial charge on any atom is -0.375 e. The molecule has 2 aliphatic rings. The van der Waals surface area contributed by atoms with Gasteiger partial charge in [-0.15, -0.1) is 0 Å². The zero-order chi connectivity index (χ0) is 12.1. The van der Waals surface area contributed by atoms with Crippen molar-refractivity contribution in [1.82, 2.24) is 10.2 Å². The Hall–Kier alpha value is -0.120. The van der Waals surface area contributed by atoms with E-state index in [0.29, 0.717) is 12.1 Å². The molecule has 3 heteroatoms. The minimum absolute atomic E-state index is 0.553. The predicted octanol–water partition coefficient (Wildman–Crippen LogP) is 2.02. The topological polar surface area (TPSA) is 24.5 Å². The van der Waals surface area contributed by atoms with Crippen LogP contribution < -0.4 is 5.32 Å². The van der Waals surface area contributed by atoms with E-state index in [-0.39, 0.29) is 0 Å². The Kier molecular flexibility index (Phi) is 5.26. The quantitative estimate of drug-likeness (QED) is 0.719. The lowest BCUT2D eigenvalue weighted by Crippen LogP contribution is -2.48. The van der Waals surface area contributed by atoms with E-state index in [1.165, 1.54) is 38.6 Å². The fraction of sp³-hybridized carbons (Fsp3) is 1.00. The summed E-state index contributed by atoms with van der Waals surface area (Å²) in [5.41, 5.74) is 0. The van der Waals surface area contributed by atoms with Crippen molar-refractivity contribution in [3.63, 3.8) is 0 Å². The normalized spacial score (nSPS) is 29.8. The first-order valence-electron chi connectivity index (χ1n) is 7.36. The summed E-state index contributed by atoms with van der Waals surface area (Å²) in [7, 11) is 0. The van der Waals surface area contributed by atoms with Crippen LogP contribution in [0.3, 0.4) is 0 Å². The molecule has 2 atom stereocenters. The molecule has 0 amide bonds. The van der Waals surface area contributed by atoms with Crippen LogP contribution in [0.15, 0.2) is 0 Å². The van der Waals surface area contributed by atoms with Gasteiger partial charge < -0.3 is 10.1 Å². The maximum Gasteiger partial charge on any atom is 0.0730 e. The van der Waals surface area contributed by atoms with Crippen LogP contribution in [-0.4, -0.2) is 49.3 Å². The van der Waals surface area contributed by atoms with Crippen molar-refractivity contribution in [2.75, 3.05) is 26.2 Å². The highest BCUT2D eigenvalue weighted by molar-refractivity contribution is 4.89. The molecule has 1 saturated heterocycles.